The molecule has 1 atom stereocenters. The van der Waals surface area contributed by atoms with Gasteiger partial charge in [-0.3, -0.25) is 0 Å². The van der Waals surface area contributed by atoms with Crippen molar-refractivity contribution >= 4 is 18.2 Å². The maximum atomic E-state index is 11.1. The predicted molar refractivity (Wildman–Crippen MR) is 58.5 cm³/mol. The summed E-state index contributed by atoms with van der Waals surface area (Å²) < 4.78 is 1.68. The maximum absolute atomic E-state index is 11.1. The zero-order chi connectivity index (χ0) is 11.6. The molecule has 0 heterocycles. The first-order chi connectivity index (χ1) is 7.77. The second-order valence-corrected chi connectivity index (χ2v) is 15.8. The van der Waals surface area contributed by atoms with Crippen LogP contribution in [-0.4, -0.2) is 12.1 Å². The van der Waals surface area contributed by atoms with Crippen molar-refractivity contribution in [1.29, 1.82) is 0 Å². The van der Waals surface area contributed by atoms with Gasteiger partial charge < -0.3 is 0 Å². The van der Waals surface area contributed by atoms with Crippen LogP contribution in [0.2, 0.25) is 0 Å². The molecule has 1 aromatic rings. The molecule has 0 fully saturated rings. The Bertz CT molecular complexity index is 457. The van der Waals surface area contributed by atoms with E-state index in [1.807, 2.05) is 36.4 Å². The van der Waals surface area contributed by atoms with Gasteiger partial charge in [0.25, 0.3) is 0 Å². The van der Waals surface area contributed by atoms with Gasteiger partial charge in [0, 0.05) is 0 Å². The molecule has 16 heavy (non-hydrogen) atoms. The van der Waals surface area contributed by atoms with Gasteiger partial charge >= 0.3 is 97.7 Å². The quantitative estimate of drug-likeness (QED) is 0.587. The van der Waals surface area contributed by atoms with Gasteiger partial charge in [-0.25, -0.2) is 0 Å². The van der Waals surface area contributed by atoms with Crippen molar-refractivity contribution < 1.29 is 34.4 Å². The van der Waals surface area contributed by atoms with Crippen LogP contribution in [0.5, 0.6) is 0 Å². The Morgan fingerprint density at radius 1 is 1.00 bits per heavy atom. The molecule has 0 saturated heterocycles. The van der Waals surface area contributed by atoms with Crippen LogP contribution >= 0.6 is 0 Å². The molecule has 1 unspecified atom stereocenters. The molecule has 1 aliphatic rings. The zero-order valence-corrected chi connectivity index (χ0v) is 12.1. The van der Waals surface area contributed by atoms with Gasteiger partial charge in [0.1, 0.15) is 0 Å². The fourth-order valence-corrected chi connectivity index (χ4v) is 8.59. The predicted octanol–water partition coefficient (Wildman–Crippen LogP) is 1.48. The summed E-state index contributed by atoms with van der Waals surface area (Å²) in [7, 11) is 0. The number of benzene rings is 1. The number of carbonyl (C=O) groups is 3. The average Bonchev–Trinajstić information content (AvgIpc) is 2.77. The molecule has 0 spiro atoms. The number of hydrogen-bond donors (Lipinski definition) is 0. The van der Waals surface area contributed by atoms with Crippen molar-refractivity contribution in [2.45, 2.75) is 3.67 Å². The molecule has 80 valence electrons. The monoisotopic (exact) mass is 382 g/mol. The van der Waals surface area contributed by atoms with Crippen molar-refractivity contribution in [3.05, 3.63) is 41.5 Å². The molecule has 0 amide bonds. The number of fused-ring (bicyclic) bond motifs is 1. The third kappa shape index (κ3) is 1.57. The van der Waals surface area contributed by atoms with Crippen LogP contribution in [0, 0.1) is 0 Å². The van der Waals surface area contributed by atoms with Crippen LogP contribution in [0.25, 0.3) is 6.08 Å². The molecule has 0 aliphatic heterocycles. The van der Waals surface area contributed by atoms with Gasteiger partial charge in [-0.15, -0.1) is 0 Å². The minimum absolute atomic E-state index is 0.254. The molecule has 0 N–H and O–H groups in total. The fraction of sp³-hybridized carbons (Fsp3) is 0.0833. The minimum atomic E-state index is -4.11. The second-order valence-electron chi connectivity index (χ2n) is 3.82. The fourth-order valence-electron chi connectivity index (χ4n) is 1.99. The summed E-state index contributed by atoms with van der Waals surface area (Å²) >= 11 is -4.11. The first kappa shape index (κ1) is 11.3. The molecule has 0 aromatic heterocycles. The molecule has 0 radical (unpaired) electrons. The number of carbonyl (C=O) groups excluding carboxylic acids is 3. The third-order valence-corrected chi connectivity index (χ3v) is 13.0. The molecule has 0 saturated carbocycles. The molecule has 1 aromatic carbocycles. The number of hydrogen-bond acceptors (Lipinski definition) is 3. The Labute approximate surface area is 97.5 Å². The molecule has 1 aliphatic carbocycles. The van der Waals surface area contributed by atoms with Crippen LogP contribution in [0.15, 0.2) is 30.3 Å². The molecule has 0 bridgehead atoms. The van der Waals surface area contributed by atoms with Crippen molar-refractivity contribution in [2.24, 2.45) is 0 Å². The van der Waals surface area contributed by atoms with Crippen LogP contribution in [0.4, 0.5) is 0 Å². The first-order valence-electron chi connectivity index (χ1n) is 4.93. The molecule has 4 heteroatoms. The summed E-state index contributed by atoms with van der Waals surface area (Å²) in [5.41, 5.74) is 1.94. The van der Waals surface area contributed by atoms with Crippen molar-refractivity contribution in [1.82, 2.24) is 0 Å². The van der Waals surface area contributed by atoms with E-state index in [2.05, 4.69) is 0 Å². The molecular weight excluding hydrogens is 371 g/mol. The topological polar surface area (TPSA) is 51.2 Å². The summed E-state index contributed by atoms with van der Waals surface area (Å²) in [5, 5.41) is 0. The van der Waals surface area contributed by atoms with Crippen LogP contribution < -0.4 is 0 Å². The number of allylic oxidation sites excluding steroid dienone is 1. The van der Waals surface area contributed by atoms with Gasteiger partial charge in [0.15, 0.2) is 0 Å². The van der Waals surface area contributed by atoms with Gasteiger partial charge in [-0.05, 0) is 0 Å². The van der Waals surface area contributed by atoms with Crippen LogP contribution in [0.1, 0.15) is 14.8 Å². The van der Waals surface area contributed by atoms with Gasteiger partial charge in [-0.1, -0.05) is 0 Å². The van der Waals surface area contributed by atoms with E-state index in [-0.39, 0.29) is 3.67 Å². The van der Waals surface area contributed by atoms with Crippen LogP contribution in [-0.2, 0) is 34.4 Å². The van der Waals surface area contributed by atoms with Crippen molar-refractivity contribution in [3.8, 4) is 0 Å². The Hall–Kier alpha value is -1.16. The number of rotatable bonds is 4. The first-order valence-corrected chi connectivity index (χ1v) is 13.2. The van der Waals surface area contributed by atoms with E-state index in [9.17, 15) is 14.4 Å². The van der Waals surface area contributed by atoms with E-state index < -0.39 is 20.0 Å². The van der Waals surface area contributed by atoms with Gasteiger partial charge in [0.05, 0.1) is 0 Å². The van der Waals surface area contributed by atoms with E-state index in [0.717, 1.165) is 11.1 Å². The summed E-state index contributed by atoms with van der Waals surface area (Å²) in [6, 6.07) is 7.56. The second kappa shape index (κ2) is 4.37. The standard InChI is InChI=1S/C9H7.3CHO.Hf/c1-2-5-9-7-3-6-8(9)4-1;3*1-2;/h1-7H;3*1H;. The van der Waals surface area contributed by atoms with Crippen molar-refractivity contribution in [3.63, 3.8) is 0 Å². The zero-order valence-electron chi connectivity index (χ0n) is 8.50. The Morgan fingerprint density at radius 3 is 2.25 bits per heavy atom. The summed E-state index contributed by atoms with van der Waals surface area (Å²) in [5.74, 6) is 0. The van der Waals surface area contributed by atoms with E-state index in [1.165, 1.54) is 0 Å². The van der Waals surface area contributed by atoms with Gasteiger partial charge in [0.2, 0.25) is 0 Å². The van der Waals surface area contributed by atoms with E-state index in [1.54, 1.807) is 0 Å². The Kier molecular flexibility index (Phi) is 3.10. The normalized spacial score (nSPS) is 17.9. The van der Waals surface area contributed by atoms with Gasteiger partial charge in [-0.2, -0.15) is 0 Å². The summed E-state index contributed by atoms with van der Waals surface area (Å²) in [6.07, 6.45) is 3.70. The summed E-state index contributed by atoms with van der Waals surface area (Å²) in [6.45, 7) is 0. The van der Waals surface area contributed by atoms with E-state index >= 15 is 0 Å². The SMILES string of the molecule is O=[CH][Hf]([CH]=O)([CH]=O)[CH]1C=Cc2ccccc21. The van der Waals surface area contributed by atoms with E-state index in [0.29, 0.717) is 12.1 Å². The average molecular weight is 381 g/mol. The van der Waals surface area contributed by atoms with E-state index in [4.69, 9.17) is 0 Å². The Balaban J connectivity index is 2.52. The van der Waals surface area contributed by atoms with Crippen molar-refractivity contribution in [2.75, 3.05) is 0 Å². The molecular formula is C12H10HfO3. The molecule has 2 rings (SSSR count). The summed E-state index contributed by atoms with van der Waals surface area (Å²) in [4.78, 5) is 33.3. The third-order valence-electron chi connectivity index (χ3n) is 2.95. The Morgan fingerprint density at radius 2 is 1.62 bits per heavy atom. The molecule has 3 nitrogen and oxygen atoms in total. The van der Waals surface area contributed by atoms with Crippen LogP contribution in [0.3, 0.4) is 0 Å².